The molecule has 0 saturated carbocycles. The number of nitrogens with zero attached hydrogens (tertiary/aromatic N) is 3. The van der Waals surface area contributed by atoms with Crippen LogP contribution in [0.15, 0.2) is 65.4 Å². The lowest BCUT2D eigenvalue weighted by Gasteiger charge is -2.13. The molecule has 140 valence electrons. The van der Waals surface area contributed by atoms with Crippen LogP contribution in [0.1, 0.15) is 13.8 Å². The molecule has 0 aliphatic rings. The molecule has 5 nitrogen and oxygen atoms in total. The number of nitrogen functional groups attached to an aromatic ring is 1. The quantitative estimate of drug-likeness (QED) is 0.442. The number of benzene rings is 2. The molecule has 4 aromatic rings. The van der Waals surface area contributed by atoms with Crippen LogP contribution in [0.25, 0.3) is 33.4 Å². The first-order valence-electron chi connectivity index (χ1n) is 9.05. The molecule has 2 heterocycles. The highest BCUT2D eigenvalue weighted by molar-refractivity contribution is 9.10. The van der Waals surface area contributed by atoms with Gasteiger partial charge in [-0.25, -0.2) is 15.0 Å². The molecule has 6 heteroatoms. The highest BCUT2D eigenvalue weighted by Gasteiger charge is 2.14. The van der Waals surface area contributed by atoms with Gasteiger partial charge < -0.3 is 11.1 Å². The van der Waals surface area contributed by atoms with Gasteiger partial charge >= 0.3 is 0 Å². The first kappa shape index (κ1) is 18.4. The summed E-state index contributed by atoms with van der Waals surface area (Å²) in [7, 11) is 0. The van der Waals surface area contributed by atoms with Crippen LogP contribution in [0, 0.1) is 0 Å². The molecule has 0 aliphatic heterocycles. The number of hydrogen-bond donors (Lipinski definition) is 2. The van der Waals surface area contributed by atoms with Gasteiger partial charge in [-0.2, -0.15) is 0 Å². The lowest BCUT2D eigenvalue weighted by molar-refractivity contribution is 0.900. The van der Waals surface area contributed by atoms with Crippen molar-refractivity contribution in [3.8, 4) is 22.4 Å². The van der Waals surface area contributed by atoms with Gasteiger partial charge in [0.1, 0.15) is 12.1 Å². The second-order valence-electron chi connectivity index (χ2n) is 6.90. The van der Waals surface area contributed by atoms with Gasteiger partial charge in [-0.05, 0) is 55.3 Å². The fraction of sp³-hybridized carbons (Fsp3) is 0.136. The van der Waals surface area contributed by atoms with Crippen molar-refractivity contribution in [2.75, 3.05) is 11.1 Å². The summed E-state index contributed by atoms with van der Waals surface area (Å²) < 4.78 is 0.996. The standard InChI is InChI=1S/C22H20BrN5/c1-13(2)27-17-8-6-14(7-9-17)19-11-18(15-4-3-5-16(23)10-15)20-21(24)25-12-26-22(20)28-19/h3-13,27H,1-2H3,(H2,24,25,26,28). The molecule has 0 aliphatic carbocycles. The van der Waals surface area contributed by atoms with Crippen molar-refractivity contribution in [3.63, 3.8) is 0 Å². The van der Waals surface area contributed by atoms with Crippen molar-refractivity contribution in [1.29, 1.82) is 0 Å². The topological polar surface area (TPSA) is 76.7 Å². The number of pyridine rings is 1. The fourth-order valence-electron chi connectivity index (χ4n) is 3.19. The molecule has 4 rings (SSSR count). The molecule has 0 radical (unpaired) electrons. The second kappa shape index (κ2) is 7.56. The molecule has 28 heavy (non-hydrogen) atoms. The van der Waals surface area contributed by atoms with Gasteiger partial charge in [0.25, 0.3) is 0 Å². The number of halogens is 1. The van der Waals surface area contributed by atoms with Crippen molar-refractivity contribution in [3.05, 3.63) is 65.4 Å². The summed E-state index contributed by atoms with van der Waals surface area (Å²) in [6, 6.07) is 18.8. The maximum atomic E-state index is 6.18. The molecular weight excluding hydrogens is 414 g/mol. The summed E-state index contributed by atoms with van der Waals surface area (Å²) in [5, 5.41) is 4.17. The number of hydrogen-bond acceptors (Lipinski definition) is 5. The minimum atomic E-state index is 0.382. The van der Waals surface area contributed by atoms with E-state index in [1.807, 2.05) is 18.2 Å². The first-order valence-corrected chi connectivity index (χ1v) is 9.84. The van der Waals surface area contributed by atoms with Crippen molar-refractivity contribution < 1.29 is 0 Å². The predicted molar refractivity (Wildman–Crippen MR) is 119 cm³/mol. The summed E-state index contributed by atoms with van der Waals surface area (Å²) >= 11 is 3.55. The Morgan fingerprint density at radius 2 is 1.75 bits per heavy atom. The zero-order valence-electron chi connectivity index (χ0n) is 15.6. The molecule has 3 N–H and O–H groups in total. The highest BCUT2D eigenvalue weighted by Crippen LogP contribution is 2.34. The molecular formula is C22H20BrN5. The molecule has 0 spiro atoms. The van der Waals surface area contributed by atoms with Crippen molar-refractivity contribution >= 4 is 38.5 Å². The number of aromatic nitrogens is 3. The Morgan fingerprint density at radius 3 is 2.46 bits per heavy atom. The molecule has 2 aromatic carbocycles. The average Bonchev–Trinajstić information content (AvgIpc) is 2.67. The molecule has 0 fully saturated rings. The summed E-state index contributed by atoms with van der Waals surface area (Å²) in [6.07, 6.45) is 1.45. The molecule has 0 atom stereocenters. The normalized spacial score (nSPS) is 11.1. The fourth-order valence-corrected chi connectivity index (χ4v) is 3.59. The zero-order valence-corrected chi connectivity index (χ0v) is 17.2. The van der Waals surface area contributed by atoms with Gasteiger partial charge in [0.2, 0.25) is 0 Å². The van der Waals surface area contributed by atoms with Crippen LogP contribution in [0.4, 0.5) is 11.5 Å². The summed E-state index contributed by atoms with van der Waals surface area (Å²) in [5.41, 5.74) is 11.7. The maximum Gasteiger partial charge on any atom is 0.165 e. The van der Waals surface area contributed by atoms with Gasteiger partial charge in [-0.15, -0.1) is 0 Å². The summed E-state index contributed by atoms with van der Waals surface area (Å²) in [4.78, 5) is 13.3. The third kappa shape index (κ3) is 3.68. The summed E-state index contributed by atoms with van der Waals surface area (Å²) in [6.45, 7) is 4.24. The number of nitrogens with two attached hydrogens (primary N) is 1. The Morgan fingerprint density at radius 1 is 0.964 bits per heavy atom. The van der Waals surface area contributed by atoms with Crippen LogP contribution in [0.5, 0.6) is 0 Å². The smallest absolute Gasteiger partial charge is 0.165 e. The Kier molecular flexibility index (Phi) is 4.96. The molecule has 2 aromatic heterocycles. The Labute approximate surface area is 172 Å². The largest absolute Gasteiger partial charge is 0.383 e. The van der Waals surface area contributed by atoms with Gasteiger partial charge in [0, 0.05) is 21.8 Å². The molecule has 0 bridgehead atoms. The first-order chi connectivity index (χ1) is 13.5. The monoisotopic (exact) mass is 433 g/mol. The van der Waals surface area contributed by atoms with E-state index in [0.717, 1.165) is 37.9 Å². The van der Waals surface area contributed by atoms with E-state index in [9.17, 15) is 0 Å². The summed E-state index contributed by atoms with van der Waals surface area (Å²) in [5.74, 6) is 0.426. The Bertz CT molecular complexity index is 1140. The minimum Gasteiger partial charge on any atom is -0.383 e. The number of fused-ring (bicyclic) bond motifs is 1. The van der Waals surface area contributed by atoms with E-state index in [1.54, 1.807) is 0 Å². The van der Waals surface area contributed by atoms with Gasteiger partial charge in [-0.3, -0.25) is 0 Å². The number of nitrogens with one attached hydrogen (secondary N) is 1. The average molecular weight is 434 g/mol. The van der Waals surface area contributed by atoms with E-state index >= 15 is 0 Å². The lowest BCUT2D eigenvalue weighted by atomic mass is 10.00. The van der Waals surface area contributed by atoms with Crippen molar-refractivity contribution in [2.45, 2.75) is 19.9 Å². The Hall–Kier alpha value is -2.99. The van der Waals surface area contributed by atoms with Crippen LogP contribution >= 0.6 is 15.9 Å². The molecule has 0 unspecified atom stereocenters. The third-order valence-corrected chi connectivity index (χ3v) is 4.90. The molecule has 0 saturated heterocycles. The number of rotatable bonds is 4. The van der Waals surface area contributed by atoms with Gasteiger partial charge in [0.15, 0.2) is 5.65 Å². The van der Waals surface area contributed by atoms with E-state index in [1.165, 1.54) is 6.33 Å². The van der Waals surface area contributed by atoms with Crippen LogP contribution in [-0.2, 0) is 0 Å². The Balaban J connectivity index is 1.89. The van der Waals surface area contributed by atoms with Gasteiger partial charge in [-0.1, -0.05) is 40.2 Å². The zero-order chi connectivity index (χ0) is 19.7. The second-order valence-corrected chi connectivity index (χ2v) is 7.81. The minimum absolute atomic E-state index is 0.382. The number of anilines is 2. The van der Waals surface area contributed by atoms with Crippen LogP contribution in [0.3, 0.4) is 0 Å². The van der Waals surface area contributed by atoms with Crippen LogP contribution in [-0.4, -0.2) is 21.0 Å². The van der Waals surface area contributed by atoms with E-state index in [2.05, 4.69) is 81.5 Å². The third-order valence-electron chi connectivity index (χ3n) is 4.40. The molecule has 0 amide bonds. The van der Waals surface area contributed by atoms with E-state index in [0.29, 0.717) is 17.5 Å². The van der Waals surface area contributed by atoms with E-state index in [-0.39, 0.29) is 0 Å². The highest BCUT2D eigenvalue weighted by atomic mass is 79.9. The predicted octanol–water partition coefficient (Wildman–Crippen LogP) is 5.52. The maximum absolute atomic E-state index is 6.18. The lowest BCUT2D eigenvalue weighted by Crippen LogP contribution is -2.09. The van der Waals surface area contributed by atoms with Crippen LogP contribution < -0.4 is 11.1 Å². The van der Waals surface area contributed by atoms with Crippen molar-refractivity contribution in [2.24, 2.45) is 0 Å². The van der Waals surface area contributed by atoms with E-state index < -0.39 is 0 Å². The SMILES string of the molecule is CC(C)Nc1ccc(-c2cc(-c3cccc(Br)c3)c3c(N)ncnc3n2)cc1. The van der Waals surface area contributed by atoms with Crippen molar-refractivity contribution in [1.82, 2.24) is 15.0 Å². The van der Waals surface area contributed by atoms with Gasteiger partial charge in [0.05, 0.1) is 11.1 Å². The van der Waals surface area contributed by atoms with Crippen LogP contribution in [0.2, 0.25) is 0 Å². The van der Waals surface area contributed by atoms with E-state index in [4.69, 9.17) is 10.7 Å².